The van der Waals surface area contributed by atoms with Gasteiger partial charge in [0, 0.05) is 30.5 Å². The molecule has 4 aliphatic carbocycles. The lowest BCUT2D eigenvalue weighted by Gasteiger charge is -2.61. The zero-order valence-corrected chi connectivity index (χ0v) is 16.9. The number of carbonyl (C=O) groups is 2. The molecular weight excluding hydrogens is 356 g/mol. The Morgan fingerprint density at radius 2 is 1.81 bits per heavy atom. The highest BCUT2D eigenvalue weighted by molar-refractivity contribution is 7.98. The molecule has 5 rings (SSSR count). The van der Waals surface area contributed by atoms with Crippen LogP contribution in [0.15, 0.2) is 30.3 Å². The Balaban J connectivity index is 1.31. The quantitative estimate of drug-likeness (QED) is 0.705. The topological polar surface area (TPSA) is 58.2 Å². The van der Waals surface area contributed by atoms with Crippen molar-refractivity contribution in [2.75, 3.05) is 12.3 Å². The Morgan fingerprint density at radius 3 is 2.48 bits per heavy atom. The van der Waals surface area contributed by atoms with Crippen LogP contribution in [0, 0.1) is 17.3 Å². The van der Waals surface area contributed by atoms with E-state index in [0.29, 0.717) is 11.8 Å². The molecule has 4 bridgehead atoms. The number of thioether (sulfide) groups is 1. The van der Waals surface area contributed by atoms with E-state index in [4.69, 9.17) is 0 Å². The molecule has 0 aromatic heterocycles. The van der Waals surface area contributed by atoms with Gasteiger partial charge in [0.25, 0.3) is 0 Å². The van der Waals surface area contributed by atoms with Gasteiger partial charge in [0.2, 0.25) is 11.8 Å². The summed E-state index contributed by atoms with van der Waals surface area (Å²) in [4.78, 5) is 24.9. The van der Waals surface area contributed by atoms with Crippen LogP contribution >= 0.6 is 11.8 Å². The second kappa shape index (κ2) is 7.50. The summed E-state index contributed by atoms with van der Waals surface area (Å²) < 4.78 is 0. The molecule has 4 nitrogen and oxygen atoms in total. The highest BCUT2D eigenvalue weighted by atomic mass is 32.2. The highest BCUT2D eigenvalue weighted by Gasteiger charge is 2.60. The average molecular weight is 387 g/mol. The standard InChI is InChI=1S/C22H30N2O2S/c1-16(25)24-22-12-18-9-19(13-22)11-21(10-18,15-22)20(26)23-7-8-27-14-17-5-3-2-4-6-17/h2-6,18-19H,7-15H2,1H3,(H,23,26)(H,24,25)/t18-,19+,21?,22?. The monoisotopic (exact) mass is 386 g/mol. The molecule has 4 atom stereocenters. The molecule has 1 aromatic carbocycles. The first-order chi connectivity index (χ1) is 13.0. The van der Waals surface area contributed by atoms with Gasteiger partial charge in [-0.2, -0.15) is 11.8 Å². The van der Waals surface area contributed by atoms with Crippen molar-refractivity contribution in [2.45, 2.75) is 56.7 Å². The van der Waals surface area contributed by atoms with Gasteiger partial charge in [0.05, 0.1) is 5.41 Å². The Kier molecular flexibility index (Phi) is 5.23. The second-order valence-electron chi connectivity index (χ2n) is 9.00. The van der Waals surface area contributed by atoms with E-state index in [1.54, 1.807) is 6.92 Å². The smallest absolute Gasteiger partial charge is 0.226 e. The molecule has 2 amide bonds. The Hall–Kier alpha value is -1.49. The van der Waals surface area contributed by atoms with Gasteiger partial charge >= 0.3 is 0 Å². The summed E-state index contributed by atoms with van der Waals surface area (Å²) in [6, 6.07) is 10.4. The molecule has 0 spiro atoms. The largest absolute Gasteiger partial charge is 0.355 e. The Bertz CT molecular complexity index is 692. The van der Waals surface area contributed by atoms with E-state index in [0.717, 1.165) is 50.2 Å². The minimum absolute atomic E-state index is 0.0461. The maximum Gasteiger partial charge on any atom is 0.226 e. The van der Waals surface area contributed by atoms with E-state index in [2.05, 4.69) is 34.9 Å². The van der Waals surface area contributed by atoms with Gasteiger partial charge in [-0.15, -0.1) is 0 Å². The zero-order valence-electron chi connectivity index (χ0n) is 16.1. The third kappa shape index (κ3) is 4.03. The van der Waals surface area contributed by atoms with Gasteiger partial charge in [0.15, 0.2) is 0 Å². The van der Waals surface area contributed by atoms with Gasteiger partial charge in [-0.25, -0.2) is 0 Å². The van der Waals surface area contributed by atoms with Crippen molar-refractivity contribution in [3.05, 3.63) is 35.9 Å². The van der Waals surface area contributed by atoms with Crippen molar-refractivity contribution >= 4 is 23.6 Å². The fourth-order valence-electron chi connectivity index (χ4n) is 6.24. The Labute approximate surface area is 166 Å². The maximum absolute atomic E-state index is 13.1. The first-order valence-corrected chi connectivity index (χ1v) is 11.3. The van der Waals surface area contributed by atoms with Crippen LogP contribution in [-0.2, 0) is 15.3 Å². The summed E-state index contributed by atoms with van der Waals surface area (Å²) in [5, 5.41) is 6.46. The van der Waals surface area contributed by atoms with Crippen molar-refractivity contribution in [3.63, 3.8) is 0 Å². The molecule has 0 saturated heterocycles. The summed E-state index contributed by atoms with van der Waals surface area (Å²) in [5.41, 5.74) is 0.943. The number of amides is 2. The molecule has 4 aliphatic rings. The fraction of sp³-hybridized carbons (Fsp3) is 0.636. The molecule has 0 heterocycles. The van der Waals surface area contributed by atoms with Gasteiger partial charge in [-0.3, -0.25) is 9.59 Å². The lowest BCUT2D eigenvalue weighted by molar-refractivity contribution is -0.152. The number of nitrogens with one attached hydrogen (secondary N) is 2. The van der Waals surface area contributed by atoms with Gasteiger partial charge < -0.3 is 10.6 Å². The molecule has 0 aliphatic heterocycles. The minimum atomic E-state index is -0.253. The molecule has 4 fully saturated rings. The van der Waals surface area contributed by atoms with Crippen molar-refractivity contribution in [1.82, 2.24) is 10.6 Å². The van der Waals surface area contributed by atoms with Gasteiger partial charge in [-0.1, -0.05) is 30.3 Å². The summed E-state index contributed by atoms with van der Waals surface area (Å²) in [7, 11) is 0. The van der Waals surface area contributed by atoms with E-state index in [1.165, 1.54) is 12.0 Å². The molecular formula is C22H30N2O2S. The number of rotatable bonds is 7. The first-order valence-electron chi connectivity index (χ1n) is 10.2. The van der Waals surface area contributed by atoms with E-state index >= 15 is 0 Å². The summed E-state index contributed by atoms with van der Waals surface area (Å²) in [5.74, 6) is 3.38. The van der Waals surface area contributed by atoms with Crippen molar-refractivity contribution in [1.29, 1.82) is 0 Å². The van der Waals surface area contributed by atoms with E-state index in [9.17, 15) is 9.59 Å². The average Bonchev–Trinajstić information content (AvgIpc) is 2.60. The summed E-state index contributed by atoms with van der Waals surface area (Å²) in [6.45, 7) is 2.33. The number of benzene rings is 1. The van der Waals surface area contributed by atoms with Crippen LogP contribution < -0.4 is 10.6 Å². The summed E-state index contributed by atoms with van der Waals surface area (Å²) >= 11 is 1.86. The molecule has 4 saturated carbocycles. The third-order valence-electron chi connectivity index (χ3n) is 6.63. The SMILES string of the molecule is CC(=O)NC12C[C@H]3C[C@@H](C1)CC(C(=O)NCCSCc1ccccc1)(C3)C2. The fourth-order valence-corrected chi connectivity index (χ4v) is 7.06. The van der Waals surface area contributed by atoms with Crippen LogP contribution in [0.3, 0.4) is 0 Å². The second-order valence-corrected chi connectivity index (χ2v) is 10.1. The molecule has 0 radical (unpaired) electrons. The maximum atomic E-state index is 13.1. The van der Waals surface area contributed by atoms with Gasteiger partial charge in [0.1, 0.15) is 0 Å². The lowest BCUT2D eigenvalue weighted by Crippen LogP contribution is -2.65. The normalized spacial score (nSPS) is 33.7. The lowest BCUT2D eigenvalue weighted by atomic mass is 9.46. The summed E-state index contributed by atoms with van der Waals surface area (Å²) in [6.07, 6.45) is 6.20. The van der Waals surface area contributed by atoms with Crippen LogP contribution in [0.5, 0.6) is 0 Å². The molecule has 27 heavy (non-hydrogen) atoms. The zero-order chi connectivity index (χ0) is 18.9. The van der Waals surface area contributed by atoms with Crippen LogP contribution in [0.25, 0.3) is 0 Å². The molecule has 5 heteroatoms. The van der Waals surface area contributed by atoms with Crippen molar-refractivity contribution in [2.24, 2.45) is 17.3 Å². The van der Waals surface area contributed by atoms with Crippen LogP contribution in [0.4, 0.5) is 0 Å². The molecule has 2 N–H and O–H groups in total. The third-order valence-corrected chi connectivity index (χ3v) is 7.66. The predicted octanol–water partition coefficient (Wildman–Crippen LogP) is 3.51. The molecule has 1 aromatic rings. The van der Waals surface area contributed by atoms with E-state index in [-0.39, 0.29) is 22.8 Å². The highest BCUT2D eigenvalue weighted by Crippen LogP contribution is 2.61. The van der Waals surface area contributed by atoms with E-state index < -0.39 is 0 Å². The van der Waals surface area contributed by atoms with Crippen molar-refractivity contribution in [3.8, 4) is 0 Å². The minimum Gasteiger partial charge on any atom is -0.355 e. The van der Waals surface area contributed by atoms with Crippen LogP contribution in [0.2, 0.25) is 0 Å². The number of carbonyl (C=O) groups excluding carboxylic acids is 2. The molecule has 2 unspecified atom stereocenters. The van der Waals surface area contributed by atoms with Crippen LogP contribution in [0.1, 0.15) is 51.0 Å². The Morgan fingerprint density at radius 1 is 1.11 bits per heavy atom. The van der Waals surface area contributed by atoms with Crippen LogP contribution in [-0.4, -0.2) is 29.7 Å². The first kappa shape index (κ1) is 18.9. The van der Waals surface area contributed by atoms with Gasteiger partial charge in [-0.05, 0) is 55.9 Å². The number of hydrogen-bond donors (Lipinski definition) is 2. The predicted molar refractivity (Wildman–Crippen MR) is 109 cm³/mol. The molecule has 146 valence electrons. The number of hydrogen-bond acceptors (Lipinski definition) is 3. The van der Waals surface area contributed by atoms with E-state index in [1.807, 2.05) is 17.8 Å². The van der Waals surface area contributed by atoms with Crippen molar-refractivity contribution < 1.29 is 9.59 Å².